The number of H-pyrrole nitrogens is 1. The Hall–Kier alpha value is -2.56. The zero-order valence-electron chi connectivity index (χ0n) is 12.4. The van der Waals surface area contributed by atoms with Crippen molar-refractivity contribution in [3.63, 3.8) is 0 Å². The summed E-state index contributed by atoms with van der Waals surface area (Å²) in [6.07, 6.45) is 3.52. The van der Waals surface area contributed by atoms with E-state index in [4.69, 9.17) is 0 Å². The first kappa shape index (κ1) is 14.8. The standard InChI is InChI=1S/C16H20N4O/c1-4-9-17-14-8-6-5-7-13(14)16(21)20(3)11-15-18-10-12(2)19-15/h4-8,10,17H,1,9,11H2,2-3H3,(H,18,19). The van der Waals surface area contributed by atoms with Gasteiger partial charge in [-0.3, -0.25) is 4.79 Å². The van der Waals surface area contributed by atoms with Crippen LogP contribution in [0, 0.1) is 6.92 Å². The van der Waals surface area contributed by atoms with E-state index in [0.29, 0.717) is 18.7 Å². The van der Waals surface area contributed by atoms with Gasteiger partial charge in [0.2, 0.25) is 0 Å². The molecule has 0 bridgehead atoms. The number of aromatic amines is 1. The predicted molar refractivity (Wildman–Crippen MR) is 84.3 cm³/mol. The van der Waals surface area contributed by atoms with Gasteiger partial charge in [0.1, 0.15) is 5.82 Å². The highest BCUT2D eigenvalue weighted by Crippen LogP contribution is 2.17. The minimum Gasteiger partial charge on any atom is -0.381 e. The van der Waals surface area contributed by atoms with Crippen LogP contribution in [0.2, 0.25) is 0 Å². The van der Waals surface area contributed by atoms with Gasteiger partial charge in [0.15, 0.2) is 0 Å². The lowest BCUT2D eigenvalue weighted by molar-refractivity contribution is 0.0783. The zero-order chi connectivity index (χ0) is 15.2. The number of imidazole rings is 1. The van der Waals surface area contributed by atoms with E-state index >= 15 is 0 Å². The van der Waals surface area contributed by atoms with Gasteiger partial charge in [-0.15, -0.1) is 6.58 Å². The van der Waals surface area contributed by atoms with Crippen LogP contribution in [0.5, 0.6) is 0 Å². The molecule has 0 radical (unpaired) electrons. The average molecular weight is 284 g/mol. The van der Waals surface area contributed by atoms with Crippen LogP contribution in [-0.4, -0.2) is 34.4 Å². The number of carbonyl (C=O) groups excluding carboxylic acids is 1. The van der Waals surface area contributed by atoms with Crippen molar-refractivity contribution in [1.29, 1.82) is 0 Å². The van der Waals surface area contributed by atoms with Gasteiger partial charge < -0.3 is 15.2 Å². The molecule has 5 nitrogen and oxygen atoms in total. The van der Waals surface area contributed by atoms with E-state index in [1.54, 1.807) is 24.2 Å². The number of nitrogens with zero attached hydrogens (tertiary/aromatic N) is 2. The van der Waals surface area contributed by atoms with E-state index in [1.807, 2.05) is 31.2 Å². The largest absolute Gasteiger partial charge is 0.381 e. The molecule has 1 amide bonds. The lowest BCUT2D eigenvalue weighted by Crippen LogP contribution is -2.27. The van der Waals surface area contributed by atoms with Crippen molar-refractivity contribution in [2.45, 2.75) is 13.5 Å². The van der Waals surface area contributed by atoms with Gasteiger partial charge >= 0.3 is 0 Å². The van der Waals surface area contributed by atoms with Crippen molar-refractivity contribution >= 4 is 11.6 Å². The van der Waals surface area contributed by atoms with Crippen LogP contribution in [0.4, 0.5) is 5.69 Å². The molecular weight excluding hydrogens is 264 g/mol. The normalized spacial score (nSPS) is 10.2. The van der Waals surface area contributed by atoms with Crippen molar-refractivity contribution in [2.75, 3.05) is 18.9 Å². The molecule has 1 aromatic carbocycles. The number of hydrogen-bond acceptors (Lipinski definition) is 3. The smallest absolute Gasteiger partial charge is 0.256 e. The van der Waals surface area contributed by atoms with Crippen molar-refractivity contribution in [1.82, 2.24) is 14.9 Å². The second kappa shape index (κ2) is 6.74. The molecule has 2 aromatic rings. The van der Waals surface area contributed by atoms with E-state index in [0.717, 1.165) is 17.2 Å². The molecule has 0 aliphatic carbocycles. The predicted octanol–water partition coefficient (Wildman–Crippen LogP) is 2.59. The van der Waals surface area contributed by atoms with Gasteiger partial charge in [-0.2, -0.15) is 0 Å². The molecule has 0 saturated heterocycles. The number of anilines is 1. The van der Waals surface area contributed by atoms with Crippen LogP contribution in [0.15, 0.2) is 43.1 Å². The summed E-state index contributed by atoms with van der Waals surface area (Å²) in [5.41, 5.74) is 2.44. The second-order valence-electron chi connectivity index (χ2n) is 4.89. The molecule has 5 heteroatoms. The minimum atomic E-state index is -0.0452. The fourth-order valence-electron chi connectivity index (χ4n) is 2.06. The van der Waals surface area contributed by atoms with Gasteiger partial charge in [-0.1, -0.05) is 18.2 Å². The molecule has 0 unspecified atom stereocenters. The molecule has 0 atom stereocenters. The van der Waals surface area contributed by atoms with Crippen molar-refractivity contribution in [2.24, 2.45) is 0 Å². The number of nitrogens with one attached hydrogen (secondary N) is 2. The summed E-state index contributed by atoms with van der Waals surface area (Å²) in [5, 5.41) is 3.18. The summed E-state index contributed by atoms with van der Waals surface area (Å²) in [7, 11) is 1.77. The van der Waals surface area contributed by atoms with Crippen LogP contribution in [0.3, 0.4) is 0 Å². The topological polar surface area (TPSA) is 61.0 Å². The number of rotatable bonds is 6. The fraction of sp³-hybridized carbons (Fsp3) is 0.250. The molecule has 0 saturated carbocycles. The summed E-state index contributed by atoms with van der Waals surface area (Å²) < 4.78 is 0. The number of carbonyl (C=O) groups is 1. The Morgan fingerprint density at radius 3 is 2.90 bits per heavy atom. The minimum absolute atomic E-state index is 0.0452. The number of para-hydroxylation sites is 1. The third-order valence-electron chi connectivity index (χ3n) is 3.08. The first-order chi connectivity index (χ1) is 10.1. The zero-order valence-corrected chi connectivity index (χ0v) is 12.4. The monoisotopic (exact) mass is 284 g/mol. The SMILES string of the molecule is C=CCNc1ccccc1C(=O)N(C)Cc1ncc(C)[nH]1. The van der Waals surface area contributed by atoms with Crippen LogP contribution in [-0.2, 0) is 6.54 Å². The van der Waals surface area contributed by atoms with E-state index in [-0.39, 0.29) is 5.91 Å². The Bertz CT molecular complexity index is 633. The third kappa shape index (κ3) is 3.72. The first-order valence-electron chi connectivity index (χ1n) is 6.81. The third-order valence-corrected chi connectivity index (χ3v) is 3.08. The van der Waals surface area contributed by atoms with Gasteiger partial charge in [0, 0.05) is 31.2 Å². The molecule has 0 aliphatic heterocycles. The van der Waals surface area contributed by atoms with Crippen molar-refractivity contribution in [3.05, 3.63) is 60.2 Å². The highest BCUT2D eigenvalue weighted by molar-refractivity contribution is 5.99. The van der Waals surface area contributed by atoms with E-state index in [1.165, 1.54) is 0 Å². The number of hydrogen-bond donors (Lipinski definition) is 2. The Morgan fingerprint density at radius 2 is 2.24 bits per heavy atom. The van der Waals surface area contributed by atoms with Gasteiger partial charge in [-0.05, 0) is 19.1 Å². The maximum Gasteiger partial charge on any atom is 0.256 e. The van der Waals surface area contributed by atoms with Crippen molar-refractivity contribution in [3.8, 4) is 0 Å². The maximum absolute atomic E-state index is 12.6. The Labute approximate surface area is 124 Å². The van der Waals surface area contributed by atoms with E-state index in [9.17, 15) is 4.79 Å². The average Bonchev–Trinajstić information content (AvgIpc) is 2.89. The van der Waals surface area contributed by atoms with Crippen molar-refractivity contribution < 1.29 is 4.79 Å². The quantitative estimate of drug-likeness (QED) is 0.802. The lowest BCUT2D eigenvalue weighted by atomic mass is 10.1. The van der Waals surface area contributed by atoms with Crippen LogP contribution in [0.1, 0.15) is 21.9 Å². The van der Waals surface area contributed by atoms with E-state index in [2.05, 4.69) is 21.9 Å². The molecule has 0 spiro atoms. The molecule has 21 heavy (non-hydrogen) atoms. The summed E-state index contributed by atoms with van der Waals surface area (Å²) in [5.74, 6) is 0.732. The molecule has 2 N–H and O–H groups in total. The summed E-state index contributed by atoms with van der Waals surface area (Å²) in [4.78, 5) is 21.6. The molecular formula is C16H20N4O. The summed E-state index contributed by atoms with van der Waals surface area (Å²) >= 11 is 0. The first-order valence-corrected chi connectivity index (χ1v) is 6.81. The van der Waals surface area contributed by atoms with Gasteiger partial charge in [-0.25, -0.2) is 4.98 Å². The number of aryl methyl sites for hydroxylation is 1. The Balaban J connectivity index is 2.13. The summed E-state index contributed by atoms with van der Waals surface area (Å²) in [6, 6.07) is 7.47. The number of aromatic nitrogens is 2. The molecule has 2 rings (SSSR count). The van der Waals surface area contributed by atoms with Crippen LogP contribution < -0.4 is 5.32 Å². The van der Waals surface area contributed by atoms with Gasteiger partial charge in [0.25, 0.3) is 5.91 Å². The fourth-order valence-corrected chi connectivity index (χ4v) is 2.06. The van der Waals surface area contributed by atoms with Crippen LogP contribution in [0.25, 0.3) is 0 Å². The molecule has 0 fully saturated rings. The Kier molecular flexibility index (Phi) is 4.77. The summed E-state index contributed by atoms with van der Waals surface area (Å²) in [6.45, 7) is 6.67. The van der Waals surface area contributed by atoms with E-state index < -0.39 is 0 Å². The molecule has 1 aromatic heterocycles. The highest BCUT2D eigenvalue weighted by Gasteiger charge is 2.16. The highest BCUT2D eigenvalue weighted by atomic mass is 16.2. The number of benzene rings is 1. The molecule has 0 aliphatic rings. The van der Waals surface area contributed by atoms with Gasteiger partial charge in [0.05, 0.1) is 12.1 Å². The maximum atomic E-state index is 12.6. The van der Waals surface area contributed by atoms with Crippen LogP contribution >= 0.6 is 0 Å². The second-order valence-corrected chi connectivity index (χ2v) is 4.89. The molecule has 110 valence electrons. The lowest BCUT2D eigenvalue weighted by Gasteiger charge is -2.18. The Morgan fingerprint density at radius 1 is 1.48 bits per heavy atom. The molecule has 1 heterocycles. The number of amides is 1.